The van der Waals surface area contributed by atoms with Crippen molar-refractivity contribution >= 4 is 23.6 Å². The number of ether oxygens (including phenoxy) is 1. The quantitative estimate of drug-likeness (QED) is 0.487. The van der Waals surface area contributed by atoms with Crippen molar-refractivity contribution in [3.63, 3.8) is 0 Å². The van der Waals surface area contributed by atoms with E-state index in [0.717, 1.165) is 6.07 Å². The zero-order valence-electron chi connectivity index (χ0n) is 10.4. The Kier molecular flexibility index (Phi) is 4.16. The van der Waals surface area contributed by atoms with Crippen LogP contribution < -0.4 is 4.74 Å². The summed E-state index contributed by atoms with van der Waals surface area (Å²) in [5.74, 6) is 0.0771. The Labute approximate surface area is 124 Å². The molecule has 0 saturated carbocycles. The number of nitro groups is 1. The number of hydrogen-bond acceptors (Lipinski definition) is 5. The molecule has 104 valence electrons. The monoisotopic (exact) mass is 302 g/mol. The largest absolute Gasteiger partial charge is 0.449 e. The second-order valence-electron chi connectivity index (χ2n) is 3.96. The van der Waals surface area contributed by atoms with E-state index < -0.39 is 4.92 Å². The van der Waals surface area contributed by atoms with Gasteiger partial charge in [-0.15, -0.1) is 0 Å². The number of nitro benzene ring substituents is 1. The van der Waals surface area contributed by atoms with Crippen molar-refractivity contribution in [3.05, 3.63) is 62.7 Å². The van der Waals surface area contributed by atoms with Crippen molar-refractivity contribution in [1.82, 2.24) is 0 Å². The number of aldehydes is 1. The highest BCUT2D eigenvalue weighted by Gasteiger charge is 2.17. The van der Waals surface area contributed by atoms with Crippen LogP contribution in [0.15, 0.2) is 36.4 Å². The van der Waals surface area contributed by atoms with E-state index in [9.17, 15) is 14.9 Å². The van der Waals surface area contributed by atoms with Crippen LogP contribution in [-0.4, -0.2) is 11.2 Å². The molecule has 0 fully saturated rings. The van der Waals surface area contributed by atoms with Gasteiger partial charge in [-0.1, -0.05) is 11.6 Å². The smallest absolute Gasteiger partial charge is 0.313 e. The number of carbonyl (C=O) groups excluding carboxylic acids is 1. The van der Waals surface area contributed by atoms with Gasteiger partial charge >= 0.3 is 5.69 Å². The van der Waals surface area contributed by atoms with Crippen molar-refractivity contribution in [1.29, 1.82) is 5.26 Å². The van der Waals surface area contributed by atoms with E-state index in [1.54, 1.807) is 0 Å². The molecule has 7 heteroatoms. The van der Waals surface area contributed by atoms with Gasteiger partial charge in [0.25, 0.3) is 0 Å². The van der Waals surface area contributed by atoms with Crippen molar-refractivity contribution in [3.8, 4) is 17.6 Å². The molecule has 21 heavy (non-hydrogen) atoms. The minimum Gasteiger partial charge on any atom is -0.449 e. The van der Waals surface area contributed by atoms with Gasteiger partial charge in [0.2, 0.25) is 5.75 Å². The first-order valence-electron chi connectivity index (χ1n) is 5.66. The number of nitrogens with zero attached hydrogens (tertiary/aromatic N) is 2. The first-order valence-corrected chi connectivity index (χ1v) is 6.04. The zero-order chi connectivity index (χ0) is 15.4. The van der Waals surface area contributed by atoms with E-state index >= 15 is 0 Å². The fourth-order valence-corrected chi connectivity index (χ4v) is 1.80. The number of hydrogen-bond donors (Lipinski definition) is 0. The lowest BCUT2D eigenvalue weighted by molar-refractivity contribution is -0.385. The Balaban J connectivity index is 2.46. The molecule has 0 bridgehead atoms. The summed E-state index contributed by atoms with van der Waals surface area (Å²) in [5.41, 5.74) is 0.0965. The number of halogens is 1. The second-order valence-corrected chi connectivity index (χ2v) is 4.39. The maximum absolute atomic E-state index is 11.0. The van der Waals surface area contributed by atoms with Crippen LogP contribution in [0.5, 0.6) is 11.5 Å². The molecule has 0 amide bonds. The van der Waals surface area contributed by atoms with Crippen LogP contribution >= 0.6 is 11.6 Å². The van der Waals surface area contributed by atoms with Gasteiger partial charge in [0.1, 0.15) is 18.1 Å². The highest BCUT2D eigenvalue weighted by molar-refractivity contribution is 6.30. The molecule has 0 aromatic heterocycles. The topological polar surface area (TPSA) is 93.2 Å². The lowest BCUT2D eigenvalue weighted by Crippen LogP contribution is -1.95. The molecule has 2 aromatic carbocycles. The predicted molar refractivity (Wildman–Crippen MR) is 74.7 cm³/mol. The first kappa shape index (κ1) is 14.5. The molecule has 0 aliphatic carbocycles. The van der Waals surface area contributed by atoms with Gasteiger partial charge < -0.3 is 4.74 Å². The molecule has 2 rings (SSSR count). The Morgan fingerprint density at radius 1 is 1.24 bits per heavy atom. The van der Waals surface area contributed by atoms with E-state index in [1.165, 1.54) is 30.3 Å². The molecule has 0 spiro atoms. The van der Waals surface area contributed by atoms with Gasteiger partial charge in [-0.25, -0.2) is 0 Å². The molecule has 0 heterocycles. The molecular weight excluding hydrogens is 296 g/mol. The third kappa shape index (κ3) is 3.16. The summed E-state index contributed by atoms with van der Waals surface area (Å²) < 4.78 is 5.41. The molecule has 2 aromatic rings. The highest BCUT2D eigenvalue weighted by Crippen LogP contribution is 2.34. The van der Waals surface area contributed by atoms with Crippen molar-refractivity contribution in [2.24, 2.45) is 0 Å². The zero-order valence-corrected chi connectivity index (χ0v) is 11.2. The Hall–Kier alpha value is -2.91. The summed E-state index contributed by atoms with van der Waals surface area (Å²) in [6.45, 7) is 0. The molecule has 0 radical (unpaired) electrons. The van der Waals surface area contributed by atoms with Gasteiger partial charge in [-0.05, 0) is 30.3 Å². The number of nitriles is 1. The van der Waals surface area contributed by atoms with E-state index in [4.69, 9.17) is 21.6 Å². The molecule has 0 atom stereocenters. The SMILES string of the molecule is N#Cc1cc(C=O)ccc1Oc1ccc(Cl)cc1[N+](=O)[O-]. The second kappa shape index (κ2) is 6.03. The Morgan fingerprint density at radius 3 is 2.57 bits per heavy atom. The fourth-order valence-electron chi connectivity index (χ4n) is 1.64. The summed E-state index contributed by atoms with van der Waals surface area (Å²) in [6, 6.07) is 10.00. The molecule has 0 aliphatic heterocycles. The van der Waals surface area contributed by atoms with Crippen molar-refractivity contribution in [2.45, 2.75) is 0 Å². The first-order chi connectivity index (χ1) is 10.0. The summed E-state index contributed by atoms with van der Waals surface area (Å²) >= 11 is 5.71. The van der Waals surface area contributed by atoms with Gasteiger partial charge in [-0.2, -0.15) is 5.26 Å². The van der Waals surface area contributed by atoms with Crippen LogP contribution in [0.3, 0.4) is 0 Å². The Bertz CT molecular complexity index is 768. The number of rotatable bonds is 4. The molecule has 0 unspecified atom stereocenters. The van der Waals surface area contributed by atoms with Gasteiger partial charge in [0, 0.05) is 16.7 Å². The molecule has 0 saturated heterocycles. The Morgan fingerprint density at radius 2 is 1.95 bits per heavy atom. The summed E-state index contributed by atoms with van der Waals surface area (Å²) in [6.07, 6.45) is 0.593. The number of benzene rings is 2. The van der Waals surface area contributed by atoms with Crippen LogP contribution in [0, 0.1) is 21.4 Å². The number of carbonyl (C=O) groups is 1. The van der Waals surface area contributed by atoms with Crippen molar-refractivity contribution in [2.75, 3.05) is 0 Å². The summed E-state index contributed by atoms with van der Waals surface area (Å²) in [7, 11) is 0. The average molecular weight is 303 g/mol. The van der Waals surface area contributed by atoms with E-state index in [2.05, 4.69) is 0 Å². The highest BCUT2D eigenvalue weighted by atomic mass is 35.5. The van der Waals surface area contributed by atoms with Crippen LogP contribution in [-0.2, 0) is 0 Å². The minimum absolute atomic E-state index is 0.0419. The summed E-state index contributed by atoms with van der Waals surface area (Å²) in [5, 5.41) is 20.2. The van der Waals surface area contributed by atoms with E-state index in [0.29, 0.717) is 11.8 Å². The van der Waals surface area contributed by atoms with Crippen LogP contribution in [0.4, 0.5) is 5.69 Å². The lowest BCUT2D eigenvalue weighted by Gasteiger charge is -2.08. The molecule has 6 nitrogen and oxygen atoms in total. The molecule has 0 N–H and O–H groups in total. The third-order valence-corrected chi connectivity index (χ3v) is 2.83. The standard InChI is InChI=1S/C14H7ClN2O4/c15-11-2-4-14(12(6-11)17(19)20)21-13-3-1-9(8-18)5-10(13)7-16/h1-6,8H. The van der Waals surface area contributed by atoms with Crippen molar-refractivity contribution < 1.29 is 14.5 Å². The minimum atomic E-state index is -0.632. The average Bonchev–Trinajstić information content (AvgIpc) is 2.49. The maximum Gasteiger partial charge on any atom is 0.313 e. The normalized spacial score (nSPS) is 9.71. The van der Waals surface area contributed by atoms with E-state index in [-0.39, 0.29) is 27.8 Å². The lowest BCUT2D eigenvalue weighted by atomic mass is 10.1. The summed E-state index contributed by atoms with van der Waals surface area (Å²) in [4.78, 5) is 21.0. The van der Waals surface area contributed by atoms with Gasteiger partial charge in [0.05, 0.1) is 10.5 Å². The van der Waals surface area contributed by atoms with Crippen LogP contribution in [0.1, 0.15) is 15.9 Å². The van der Waals surface area contributed by atoms with Crippen LogP contribution in [0.2, 0.25) is 5.02 Å². The fraction of sp³-hybridized carbons (Fsp3) is 0. The maximum atomic E-state index is 11.0. The van der Waals surface area contributed by atoms with Gasteiger partial charge in [-0.3, -0.25) is 14.9 Å². The molecular formula is C14H7ClN2O4. The predicted octanol–water partition coefficient (Wildman–Crippen LogP) is 3.72. The van der Waals surface area contributed by atoms with Gasteiger partial charge in [0.15, 0.2) is 0 Å². The molecule has 0 aliphatic rings. The van der Waals surface area contributed by atoms with E-state index in [1.807, 2.05) is 6.07 Å². The van der Waals surface area contributed by atoms with Crippen LogP contribution in [0.25, 0.3) is 0 Å². The third-order valence-electron chi connectivity index (χ3n) is 2.60.